The lowest BCUT2D eigenvalue weighted by Gasteiger charge is -2.20. The van der Waals surface area contributed by atoms with Crippen molar-refractivity contribution in [2.45, 2.75) is 31.2 Å². The van der Waals surface area contributed by atoms with Crippen molar-refractivity contribution in [3.05, 3.63) is 78.6 Å². The Bertz CT molecular complexity index is 1360. The number of amides is 1. The van der Waals surface area contributed by atoms with Gasteiger partial charge in [-0.15, -0.1) is 0 Å². The van der Waals surface area contributed by atoms with Crippen molar-refractivity contribution >= 4 is 42.4 Å². The number of hydrogen-bond acceptors (Lipinski definition) is 7. The molecule has 0 N–H and O–H groups in total. The lowest BCUT2D eigenvalue weighted by Crippen LogP contribution is -2.30. The Morgan fingerprint density at radius 1 is 1.06 bits per heavy atom. The maximum Gasteiger partial charge on any atom is 0.229 e. The van der Waals surface area contributed by atoms with E-state index in [2.05, 4.69) is 9.97 Å². The first-order chi connectivity index (χ1) is 16.5. The van der Waals surface area contributed by atoms with E-state index in [0.29, 0.717) is 18.3 Å². The number of carbonyl (C=O) groups is 1. The smallest absolute Gasteiger partial charge is 0.229 e. The van der Waals surface area contributed by atoms with Crippen LogP contribution in [0.4, 0.5) is 5.13 Å². The summed E-state index contributed by atoms with van der Waals surface area (Å²) < 4.78 is 31.7. The van der Waals surface area contributed by atoms with Gasteiger partial charge in [-0.05, 0) is 61.4 Å². The van der Waals surface area contributed by atoms with E-state index in [1.165, 1.54) is 11.3 Å². The molecule has 1 amide bonds. The zero-order valence-electron chi connectivity index (χ0n) is 18.8. The van der Waals surface area contributed by atoms with Crippen molar-refractivity contribution in [1.29, 1.82) is 0 Å². The van der Waals surface area contributed by atoms with Crippen LogP contribution in [0.5, 0.6) is 5.75 Å². The number of fused-ring (bicyclic) bond motifs is 1. The molecular formula is C25H25N3O4S2. The first-order valence-corrected chi connectivity index (χ1v) is 13.4. The number of benzene rings is 2. The lowest BCUT2D eigenvalue weighted by atomic mass is 10.2. The lowest BCUT2D eigenvalue weighted by molar-refractivity contribution is -0.118. The minimum atomic E-state index is -3.44. The maximum absolute atomic E-state index is 13.3. The van der Waals surface area contributed by atoms with Crippen LogP contribution in [0.1, 0.15) is 25.3 Å². The van der Waals surface area contributed by atoms with Gasteiger partial charge in [0.2, 0.25) is 5.91 Å². The van der Waals surface area contributed by atoms with Crippen LogP contribution in [0.3, 0.4) is 0 Å². The van der Waals surface area contributed by atoms with Gasteiger partial charge in [0.05, 0.1) is 34.0 Å². The second-order valence-electron chi connectivity index (χ2n) is 7.63. The van der Waals surface area contributed by atoms with Gasteiger partial charge < -0.3 is 4.74 Å². The summed E-state index contributed by atoms with van der Waals surface area (Å²) in [5, 5.41) is 0.566. The summed E-state index contributed by atoms with van der Waals surface area (Å²) >= 11 is 1.41. The molecule has 2 heterocycles. The molecule has 0 radical (unpaired) electrons. The predicted molar refractivity (Wildman–Crippen MR) is 134 cm³/mol. The van der Waals surface area contributed by atoms with Crippen molar-refractivity contribution in [2.24, 2.45) is 0 Å². The van der Waals surface area contributed by atoms with Gasteiger partial charge in [-0.1, -0.05) is 29.5 Å². The highest BCUT2D eigenvalue weighted by atomic mass is 32.2. The SMILES string of the molecule is CCOc1ccc2nc(N(Cc3ccncc3)C(=O)CCCS(=O)(=O)c3ccccc3)sc2c1. The quantitative estimate of drug-likeness (QED) is 0.312. The van der Waals surface area contributed by atoms with Gasteiger partial charge >= 0.3 is 0 Å². The normalized spacial score (nSPS) is 11.4. The van der Waals surface area contributed by atoms with Gasteiger partial charge in [0.1, 0.15) is 5.75 Å². The van der Waals surface area contributed by atoms with E-state index in [1.54, 1.807) is 47.6 Å². The molecule has 0 bridgehead atoms. The molecule has 0 spiro atoms. The van der Waals surface area contributed by atoms with E-state index in [4.69, 9.17) is 4.74 Å². The van der Waals surface area contributed by atoms with Crippen LogP contribution in [-0.2, 0) is 21.2 Å². The molecule has 0 aliphatic rings. The zero-order valence-corrected chi connectivity index (χ0v) is 20.4. The van der Waals surface area contributed by atoms with Gasteiger partial charge in [0.15, 0.2) is 15.0 Å². The number of nitrogens with zero attached hydrogens (tertiary/aromatic N) is 3. The van der Waals surface area contributed by atoms with E-state index >= 15 is 0 Å². The van der Waals surface area contributed by atoms with Crippen LogP contribution < -0.4 is 9.64 Å². The molecule has 0 atom stereocenters. The van der Waals surface area contributed by atoms with Crippen molar-refractivity contribution in [3.8, 4) is 5.75 Å². The Labute approximate surface area is 203 Å². The number of ether oxygens (including phenoxy) is 1. The average Bonchev–Trinajstić information content (AvgIpc) is 3.27. The van der Waals surface area contributed by atoms with Crippen LogP contribution in [0.25, 0.3) is 10.2 Å². The number of carbonyl (C=O) groups excluding carboxylic acids is 1. The number of pyridine rings is 1. The maximum atomic E-state index is 13.3. The standard InChI is InChI=1S/C25H25N3O4S2/c1-2-32-20-10-11-22-23(17-20)33-25(27-22)28(18-19-12-14-26-15-13-19)24(29)9-6-16-34(30,31)21-7-4-3-5-8-21/h3-5,7-8,10-15,17H,2,6,9,16,18H2,1H3. The summed E-state index contributed by atoms with van der Waals surface area (Å²) in [4.78, 5) is 23.9. The molecule has 0 saturated carbocycles. The number of sulfone groups is 1. The Kier molecular flexibility index (Phi) is 7.54. The van der Waals surface area contributed by atoms with E-state index in [9.17, 15) is 13.2 Å². The van der Waals surface area contributed by atoms with Gasteiger partial charge in [-0.25, -0.2) is 13.4 Å². The molecular weight excluding hydrogens is 470 g/mol. The number of thiazole rings is 1. The zero-order chi connectivity index (χ0) is 24.0. The molecule has 7 nitrogen and oxygen atoms in total. The molecule has 9 heteroatoms. The van der Waals surface area contributed by atoms with Crippen molar-refractivity contribution in [3.63, 3.8) is 0 Å². The fraction of sp³-hybridized carbons (Fsp3) is 0.240. The first kappa shape index (κ1) is 23.8. The van der Waals surface area contributed by atoms with E-state index in [-0.39, 0.29) is 29.4 Å². The molecule has 2 aromatic heterocycles. The first-order valence-electron chi connectivity index (χ1n) is 11.0. The third kappa shape index (κ3) is 5.78. The fourth-order valence-corrected chi connectivity index (χ4v) is 5.83. The van der Waals surface area contributed by atoms with E-state index in [1.807, 2.05) is 37.3 Å². The van der Waals surface area contributed by atoms with Crippen LogP contribution in [0.2, 0.25) is 0 Å². The van der Waals surface area contributed by atoms with Gasteiger partial charge in [-0.2, -0.15) is 0 Å². The molecule has 0 unspecified atom stereocenters. The van der Waals surface area contributed by atoms with Gasteiger partial charge in [0.25, 0.3) is 0 Å². The molecule has 0 saturated heterocycles. The summed E-state index contributed by atoms with van der Waals surface area (Å²) in [6, 6.07) is 17.7. The van der Waals surface area contributed by atoms with Crippen molar-refractivity contribution in [2.75, 3.05) is 17.3 Å². The monoisotopic (exact) mass is 495 g/mol. The topological polar surface area (TPSA) is 89.5 Å². The average molecular weight is 496 g/mol. The molecule has 4 aromatic rings. The largest absolute Gasteiger partial charge is 0.494 e. The third-order valence-corrected chi connectivity index (χ3v) is 8.05. The van der Waals surface area contributed by atoms with Crippen LogP contribution >= 0.6 is 11.3 Å². The summed E-state index contributed by atoms with van der Waals surface area (Å²) in [6.45, 7) is 2.82. The fourth-order valence-electron chi connectivity index (χ4n) is 3.49. The number of anilines is 1. The van der Waals surface area contributed by atoms with Crippen LogP contribution in [0, 0.1) is 0 Å². The molecule has 0 aliphatic heterocycles. The highest BCUT2D eigenvalue weighted by Crippen LogP contribution is 2.32. The number of hydrogen-bond donors (Lipinski definition) is 0. The predicted octanol–water partition coefficient (Wildman–Crippen LogP) is 4.88. The summed E-state index contributed by atoms with van der Waals surface area (Å²) in [5.74, 6) is 0.483. The minimum absolute atomic E-state index is 0.0938. The number of aromatic nitrogens is 2. The molecule has 4 rings (SSSR count). The second kappa shape index (κ2) is 10.8. The molecule has 176 valence electrons. The summed E-state index contributed by atoms with van der Waals surface area (Å²) in [7, 11) is -3.44. The summed E-state index contributed by atoms with van der Waals surface area (Å²) in [6.07, 6.45) is 3.67. The number of rotatable bonds is 10. The van der Waals surface area contributed by atoms with Crippen molar-refractivity contribution in [1.82, 2.24) is 9.97 Å². The Morgan fingerprint density at radius 2 is 1.82 bits per heavy atom. The van der Waals surface area contributed by atoms with Gasteiger partial charge in [0, 0.05) is 18.8 Å². The highest BCUT2D eigenvalue weighted by molar-refractivity contribution is 7.91. The Morgan fingerprint density at radius 3 is 2.56 bits per heavy atom. The summed E-state index contributed by atoms with van der Waals surface area (Å²) in [5.41, 5.74) is 1.69. The van der Waals surface area contributed by atoms with Crippen molar-refractivity contribution < 1.29 is 17.9 Å². The highest BCUT2D eigenvalue weighted by Gasteiger charge is 2.22. The second-order valence-corrected chi connectivity index (χ2v) is 10.7. The third-order valence-electron chi connectivity index (χ3n) is 5.19. The molecule has 2 aromatic carbocycles. The van der Waals surface area contributed by atoms with Crippen LogP contribution in [-0.4, -0.2) is 36.7 Å². The molecule has 34 heavy (non-hydrogen) atoms. The van der Waals surface area contributed by atoms with E-state index in [0.717, 1.165) is 21.5 Å². The Balaban J connectivity index is 1.53. The van der Waals surface area contributed by atoms with E-state index < -0.39 is 9.84 Å². The molecule has 0 fully saturated rings. The van der Waals surface area contributed by atoms with Crippen LogP contribution in [0.15, 0.2) is 78.0 Å². The van der Waals surface area contributed by atoms with Gasteiger partial charge in [-0.3, -0.25) is 14.7 Å². The Hall–Kier alpha value is -3.30. The molecule has 0 aliphatic carbocycles. The minimum Gasteiger partial charge on any atom is -0.494 e.